The number of rotatable bonds is 6. The van der Waals surface area contributed by atoms with E-state index in [2.05, 4.69) is 55.2 Å². The van der Waals surface area contributed by atoms with E-state index in [9.17, 15) is 0 Å². The molecule has 0 aromatic heterocycles. The van der Waals surface area contributed by atoms with Crippen molar-refractivity contribution in [3.63, 3.8) is 0 Å². The van der Waals surface area contributed by atoms with Crippen molar-refractivity contribution in [3.05, 3.63) is 42.0 Å². The fourth-order valence-corrected chi connectivity index (χ4v) is 2.75. The number of hydrogen-bond donors (Lipinski definition) is 1. The smallest absolute Gasteiger partial charge is 0.104 e. The van der Waals surface area contributed by atoms with E-state index in [4.69, 9.17) is 18.0 Å². The van der Waals surface area contributed by atoms with Crippen LogP contribution in [0.25, 0.3) is 10.8 Å². The van der Waals surface area contributed by atoms with Gasteiger partial charge in [0.15, 0.2) is 0 Å². The summed E-state index contributed by atoms with van der Waals surface area (Å²) in [6, 6.07) is 12.5. The van der Waals surface area contributed by atoms with Gasteiger partial charge in [-0.15, -0.1) is 0 Å². The highest BCUT2D eigenvalue weighted by molar-refractivity contribution is 7.80. The van der Waals surface area contributed by atoms with Crippen molar-refractivity contribution in [2.24, 2.45) is 5.73 Å². The Morgan fingerprint density at radius 1 is 1.00 bits per heavy atom. The van der Waals surface area contributed by atoms with Gasteiger partial charge in [-0.3, -0.25) is 0 Å². The van der Waals surface area contributed by atoms with E-state index in [-0.39, 0.29) is 0 Å². The van der Waals surface area contributed by atoms with E-state index < -0.39 is 0 Å². The van der Waals surface area contributed by atoms with Crippen LogP contribution in [-0.4, -0.2) is 44.1 Å². The van der Waals surface area contributed by atoms with Gasteiger partial charge in [-0.1, -0.05) is 36.5 Å². The minimum absolute atomic E-state index is 0.452. The van der Waals surface area contributed by atoms with E-state index in [1.165, 1.54) is 11.1 Å². The molecule has 0 radical (unpaired) electrons. The van der Waals surface area contributed by atoms with Gasteiger partial charge in [-0.05, 0) is 44.6 Å². The molecule has 0 unspecified atom stereocenters. The van der Waals surface area contributed by atoms with E-state index in [0.717, 1.165) is 30.5 Å². The third kappa shape index (κ3) is 3.71. The first-order chi connectivity index (χ1) is 10.0. The first-order valence-corrected chi connectivity index (χ1v) is 7.59. The molecule has 0 saturated carbocycles. The summed E-state index contributed by atoms with van der Waals surface area (Å²) in [6.45, 7) is 2.11. The summed E-state index contributed by atoms with van der Waals surface area (Å²) in [7, 11) is 6.34. The average molecular weight is 301 g/mol. The molecule has 0 aliphatic heterocycles. The second kappa shape index (κ2) is 6.87. The molecule has 0 aliphatic rings. The maximum absolute atomic E-state index is 5.83. The zero-order valence-corrected chi connectivity index (χ0v) is 13.8. The molecular weight excluding hydrogens is 278 g/mol. The Morgan fingerprint density at radius 3 is 2.29 bits per heavy atom. The summed E-state index contributed by atoms with van der Waals surface area (Å²) in [6.07, 6.45) is 1.13. The molecule has 0 fully saturated rings. The number of anilines is 1. The van der Waals surface area contributed by atoms with Gasteiger partial charge in [-0.2, -0.15) is 0 Å². The Hall–Kier alpha value is -1.65. The van der Waals surface area contributed by atoms with Crippen molar-refractivity contribution in [1.82, 2.24) is 4.90 Å². The molecule has 0 aliphatic carbocycles. The summed E-state index contributed by atoms with van der Waals surface area (Å²) < 4.78 is 0. The second-order valence-corrected chi connectivity index (χ2v) is 6.06. The molecule has 4 heteroatoms. The third-order valence-corrected chi connectivity index (χ3v) is 3.90. The Balaban J connectivity index is 2.32. The molecular formula is C17H23N3S. The van der Waals surface area contributed by atoms with Crippen LogP contribution in [0.15, 0.2) is 36.4 Å². The molecule has 2 rings (SSSR count). The van der Waals surface area contributed by atoms with Gasteiger partial charge >= 0.3 is 0 Å². The number of fused-ring (bicyclic) bond motifs is 1. The Morgan fingerprint density at radius 2 is 1.67 bits per heavy atom. The van der Waals surface area contributed by atoms with Gasteiger partial charge in [-0.25, -0.2) is 0 Å². The fraction of sp³-hybridized carbons (Fsp3) is 0.353. The van der Waals surface area contributed by atoms with Crippen LogP contribution in [0.3, 0.4) is 0 Å². The van der Waals surface area contributed by atoms with Gasteiger partial charge in [0, 0.05) is 30.2 Å². The van der Waals surface area contributed by atoms with Crippen LogP contribution in [0.1, 0.15) is 12.0 Å². The highest BCUT2D eigenvalue weighted by Crippen LogP contribution is 2.29. The molecule has 3 nitrogen and oxygen atoms in total. The monoisotopic (exact) mass is 301 g/mol. The normalized spacial score (nSPS) is 11.0. The SMILES string of the molecule is CN(C)CCCN(C)c1ccc(C(N)=S)c2ccccc12. The van der Waals surface area contributed by atoms with Crippen molar-refractivity contribution in [1.29, 1.82) is 0 Å². The molecule has 2 N–H and O–H groups in total. The minimum Gasteiger partial charge on any atom is -0.389 e. The molecule has 112 valence electrons. The lowest BCUT2D eigenvalue weighted by molar-refractivity contribution is 0.402. The molecule has 0 heterocycles. The van der Waals surface area contributed by atoms with Crippen molar-refractivity contribution in [2.45, 2.75) is 6.42 Å². The summed E-state index contributed by atoms with van der Waals surface area (Å²) in [4.78, 5) is 4.96. The number of hydrogen-bond acceptors (Lipinski definition) is 3. The predicted octanol–water partition coefficient (Wildman–Crippen LogP) is 2.86. The zero-order valence-electron chi connectivity index (χ0n) is 13.0. The lowest BCUT2D eigenvalue weighted by atomic mass is 10.0. The molecule has 0 atom stereocenters. The molecule has 21 heavy (non-hydrogen) atoms. The van der Waals surface area contributed by atoms with E-state index >= 15 is 0 Å². The van der Waals surface area contributed by atoms with Crippen LogP contribution < -0.4 is 10.6 Å². The maximum Gasteiger partial charge on any atom is 0.104 e. The average Bonchev–Trinajstić information content (AvgIpc) is 2.45. The summed E-state index contributed by atoms with van der Waals surface area (Å²) in [5, 5.41) is 2.33. The third-order valence-electron chi connectivity index (χ3n) is 3.68. The van der Waals surface area contributed by atoms with Crippen molar-refractivity contribution < 1.29 is 0 Å². The van der Waals surface area contributed by atoms with Gasteiger partial charge in [0.05, 0.1) is 0 Å². The highest BCUT2D eigenvalue weighted by atomic mass is 32.1. The van der Waals surface area contributed by atoms with Gasteiger partial charge in [0.1, 0.15) is 4.99 Å². The zero-order chi connectivity index (χ0) is 15.4. The first-order valence-electron chi connectivity index (χ1n) is 7.18. The first kappa shape index (κ1) is 15.7. The fourth-order valence-electron chi connectivity index (χ4n) is 2.58. The lowest BCUT2D eigenvalue weighted by Gasteiger charge is -2.23. The molecule has 2 aromatic rings. The Bertz CT molecular complexity index is 637. The molecule has 0 amide bonds. The van der Waals surface area contributed by atoms with Crippen LogP contribution in [0.4, 0.5) is 5.69 Å². The van der Waals surface area contributed by atoms with Crippen LogP contribution in [0, 0.1) is 0 Å². The summed E-state index contributed by atoms with van der Waals surface area (Å²) >= 11 is 5.16. The number of benzene rings is 2. The molecule has 0 bridgehead atoms. The highest BCUT2D eigenvalue weighted by Gasteiger charge is 2.10. The molecule has 0 saturated heterocycles. The van der Waals surface area contributed by atoms with Crippen LogP contribution in [0.5, 0.6) is 0 Å². The van der Waals surface area contributed by atoms with Gasteiger partial charge < -0.3 is 15.5 Å². The minimum atomic E-state index is 0.452. The van der Waals surface area contributed by atoms with Gasteiger partial charge in [0.2, 0.25) is 0 Å². The second-order valence-electron chi connectivity index (χ2n) is 5.62. The standard InChI is InChI=1S/C17H23N3S/c1-19(2)11-6-12-20(3)16-10-9-15(17(18)21)13-7-4-5-8-14(13)16/h4-5,7-10H,6,11-12H2,1-3H3,(H2,18,21). The maximum atomic E-state index is 5.83. The topological polar surface area (TPSA) is 32.5 Å². The Kier molecular flexibility index (Phi) is 5.15. The predicted molar refractivity (Wildman–Crippen MR) is 96.3 cm³/mol. The van der Waals surface area contributed by atoms with Crippen LogP contribution in [0.2, 0.25) is 0 Å². The van der Waals surface area contributed by atoms with Crippen molar-refractivity contribution in [2.75, 3.05) is 39.1 Å². The number of nitrogens with two attached hydrogens (primary N) is 1. The lowest BCUT2D eigenvalue weighted by Crippen LogP contribution is -2.23. The van der Waals surface area contributed by atoms with E-state index in [1.54, 1.807) is 0 Å². The molecule has 2 aromatic carbocycles. The van der Waals surface area contributed by atoms with Crippen molar-refractivity contribution in [3.8, 4) is 0 Å². The van der Waals surface area contributed by atoms with Gasteiger partial charge in [0.25, 0.3) is 0 Å². The van der Waals surface area contributed by atoms with Crippen LogP contribution >= 0.6 is 12.2 Å². The summed E-state index contributed by atoms with van der Waals surface area (Å²) in [5.41, 5.74) is 8.01. The summed E-state index contributed by atoms with van der Waals surface area (Å²) in [5.74, 6) is 0. The Labute approximate surface area is 132 Å². The quantitative estimate of drug-likeness (QED) is 0.832. The van der Waals surface area contributed by atoms with Crippen LogP contribution in [-0.2, 0) is 0 Å². The number of nitrogens with zero attached hydrogens (tertiary/aromatic N) is 2. The van der Waals surface area contributed by atoms with E-state index in [1.807, 2.05) is 12.1 Å². The molecule has 0 spiro atoms. The largest absolute Gasteiger partial charge is 0.389 e. The number of thiocarbonyl (C=S) groups is 1. The van der Waals surface area contributed by atoms with Crippen molar-refractivity contribution >= 4 is 33.7 Å². The van der Waals surface area contributed by atoms with E-state index in [0.29, 0.717) is 4.99 Å².